The van der Waals surface area contributed by atoms with Gasteiger partial charge in [-0.05, 0) is 35.7 Å². The third-order valence-corrected chi connectivity index (χ3v) is 3.53. The fourth-order valence-corrected chi connectivity index (χ4v) is 2.51. The molecule has 1 heteroatoms. The van der Waals surface area contributed by atoms with E-state index in [4.69, 9.17) is 0 Å². The molecule has 1 nitrogen and oxygen atoms in total. The molecule has 0 unspecified atom stereocenters. The Kier molecular flexibility index (Phi) is 4.19. The Morgan fingerprint density at radius 3 is 2.10 bits per heavy atom. The monoisotopic (exact) mass is 264 g/mol. The Morgan fingerprint density at radius 1 is 0.700 bits per heavy atom. The number of fused-ring (bicyclic) bond motifs is 2. The average molecular weight is 264 g/mol. The van der Waals surface area contributed by atoms with Gasteiger partial charge in [-0.3, -0.25) is 4.79 Å². The van der Waals surface area contributed by atoms with Gasteiger partial charge in [-0.1, -0.05) is 62.4 Å². The van der Waals surface area contributed by atoms with E-state index in [1.807, 2.05) is 64.1 Å². The molecule has 0 saturated heterocycles. The maximum Gasteiger partial charge on any atom is 0.194 e. The lowest BCUT2D eigenvalue weighted by Crippen LogP contribution is -2.00. The third kappa shape index (κ3) is 2.32. The molecule has 0 amide bonds. The first kappa shape index (κ1) is 14.3. The van der Waals surface area contributed by atoms with Gasteiger partial charge in [-0.2, -0.15) is 0 Å². The van der Waals surface area contributed by atoms with Crippen LogP contribution in [0.2, 0.25) is 0 Å². The van der Waals surface area contributed by atoms with Gasteiger partial charge in [-0.15, -0.1) is 0 Å². The lowest BCUT2D eigenvalue weighted by atomic mass is 10.0. The van der Waals surface area contributed by atoms with Crippen molar-refractivity contribution in [1.82, 2.24) is 0 Å². The van der Waals surface area contributed by atoms with Crippen LogP contribution < -0.4 is 5.43 Å². The molecule has 102 valence electrons. The van der Waals surface area contributed by atoms with Crippen LogP contribution in [0.15, 0.2) is 53.3 Å². The first-order valence-electron chi connectivity index (χ1n) is 7.10. The van der Waals surface area contributed by atoms with Gasteiger partial charge in [0, 0.05) is 10.8 Å². The van der Waals surface area contributed by atoms with Crippen LogP contribution in [-0.4, -0.2) is 0 Å². The van der Waals surface area contributed by atoms with Crippen molar-refractivity contribution >= 4 is 21.5 Å². The molecule has 3 aromatic carbocycles. The normalized spacial score (nSPS) is 10.2. The summed E-state index contributed by atoms with van der Waals surface area (Å²) in [6.07, 6.45) is 0. The number of aryl methyl sites for hydroxylation is 2. The SMILES string of the molecule is CC.Cc1ccc(C)c2c(=O)c3ccccc3ccc12. The van der Waals surface area contributed by atoms with Crippen LogP contribution in [0.5, 0.6) is 0 Å². The van der Waals surface area contributed by atoms with E-state index >= 15 is 0 Å². The van der Waals surface area contributed by atoms with Crippen LogP contribution in [0.1, 0.15) is 25.0 Å². The van der Waals surface area contributed by atoms with Crippen LogP contribution in [0.4, 0.5) is 0 Å². The summed E-state index contributed by atoms with van der Waals surface area (Å²) in [5, 5.41) is 3.69. The Balaban J connectivity index is 0.000000704. The molecule has 0 fully saturated rings. The van der Waals surface area contributed by atoms with Crippen molar-refractivity contribution in [1.29, 1.82) is 0 Å². The lowest BCUT2D eigenvalue weighted by Gasteiger charge is -2.01. The van der Waals surface area contributed by atoms with Gasteiger partial charge in [0.1, 0.15) is 0 Å². The fraction of sp³-hybridized carbons (Fsp3) is 0.211. The summed E-state index contributed by atoms with van der Waals surface area (Å²) in [7, 11) is 0. The van der Waals surface area contributed by atoms with Crippen molar-refractivity contribution in [3.05, 3.63) is 69.9 Å². The summed E-state index contributed by atoms with van der Waals surface area (Å²) in [5.74, 6) is 0. The van der Waals surface area contributed by atoms with E-state index in [0.717, 1.165) is 32.7 Å². The molecule has 3 aromatic rings. The van der Waals surface area contributed by atoms with Gasteiger partial charge in [0.05, 0.1) is 0 Å². The van der Waals surface area contributed by atoms with Gasteiger partial charge in [-0.25, -0.2) is 0 Å². The highest BCUT2D eigenvalue weighted by Crippen LogP contribution is 2.21. The van der Waals surface area contributed by atoms with Gasteiger partial charge in [0.2, 0.25) is 0 Å². The predicted octanol–water partition coefficient (Wildman–Crippen LogP) is 5.00. The van der Waals surface area contributed by atoms with E-state index in [1.54, 1.807) is 0 Å². The van der Waals surface area contributed by atoms with Crippen molar-refractivity contribution in [2.24, 2.45) is 0 Å². The zero-order chi connectivity index (χ0) is 14.7. The molecule has 0 aromatic heterocycles. The molecule has 0 aliphatic carbocycles. The zero-order valence-electron chi connectivity index (χ0n) is 12.5. The minimum atomic E-state index is 0.131. The summed E-state index contributed by atoms with van der Waals surface area (Å²) < 4.78 is 0. The Labute approximate surface area is 119 Å². The highest BCUT2D eigenvalue weighted by atomic mass is 16.1. The van der Waals surface area contributed by atoms with Crippen LogP contribution in [0.3, 0.4) is 0 Å². The molecule has 20 heavy (non-hydrogen) atoms. The third-order valence-electron chi connectivity index (χ3n) is 3.53. The van der Waals surface area contributed by atoms with Crippen LogP contribution in [0.25, 0.3) is 21.5 Å². The Morgan fingerprint density at radius 2 is 1.35 bits per heavy atom. The topological polar surface area (TPSA) is 17.1 Å². The standard InChI is InChI=1S/C17H14O.C2H6/c1-11-7-8-12(2)16-14(11)10-9-13-5-3-4-6-15(13)17(16)18;1-2/h3-10H,1-2H3;1-2H3. The second-order valence-corrected chi connectivity index (χ2v) is 4.74. The molecule has 0 saturated carbocycles. The molecule has 0 spiro atoms. The number of benzene rings is 2. The summed E-state index contributed by atoms with van der Waals surface area (Å²) in [5.41, 5.74) is 2.32. The molecule has 0 aliphatic heterocycles. The van der Waals surface area contributed by atoms with E-state index < -0.39 is 0 Å². The summed E-state index contributed by atoms with van der Waals surface area (Å²) in [6, 6.07) is 16.0. The summed E-state index contributed by atoms with van der Waals surface area (Å²) in [4.78, 5) is 12.7. The maximum absolute atomic E-state index is 12.7. The van der Waals surface area contributed by atoms with E-state index in [9.17, 15) is 4.79 Å². The lowest BCUT2D eigenvalue weighted by molar-refractivity contribution is 1.46. The van der Waals surface area contributed by atoms with Gasteiger partial charge < -0.3 is 0 Å². The van der Waals surface area contributed by atoms with Crippen molar-refractivity contribution in [3.8, 4) is 0 Å². The Hall–Kier alpha value is -2.15. The highest BCUT2D eigenvalue weighted by molar-refractivity contribution is 5.96. The molecule has 0 radical (unpaired) electrons. The van der Waals surface area contributed by atoms with Gasteiger partial charge in [0.25, 0.3) is 0 Å². The predicted molar refractivity (Wildman–Crippen MR) is 88.5 cm³/mol. The Bertz CT molecular complexity index is 816. The van der Waals surface area contributed by atoms with Crippen molar-refractivity contribution in [2.75, 3.05) is 0 Å². The average Bonchev–Trinajstić information content (AvgIpc) is 2.64. The van der Waals surface area contributed by atoms with Gasteiger partial charge in [0.15, 0.2) is 5.43 Å². The number of hydrogen-bond donors (Lipinski definition) is 0. The first-order valence-corrected chi connectivity index (χ1v) is 7.10. The molecule has 0 bridgehead atoms. The largest absolute Gasteiger partial charge is 0.289 e. The molecular weight excluding hydrogens is 244 g/mol. The zero-order valence-corrected chi connectivity index (χ0v) is 12.5. The van der Waals surface area contributed by atoms with Gasteiger partial charge >= 0.3 is 0 Å². The van der Waals surface area contributed by atoms with E-state index in [1.165, 1.54) is 0 Å². The van der Waals surface area contributed by atoms with Crippen LogP contribution in [0, 0.1) is 13.8 Å². The smallest absolute Gasteiger partial charge is 0.194 e. The number of hydrogen-bond acceptors (Lipinski definition) is 1. The highest BCUT2D eigenvalue weighted by Gasteiger charge is 2.06. The van der Waals surface area contributed by atoms with Crippen LogP contribution >= 0.6 is 0 Å². The van der Waals surface area contributed by atoms with Crippen molar-refractivity contribution in [2.45, 2.75) is 27.7 Å². The second kappa shape index (κ2) is 5.87. The molecular formula is C19H20O. The maximum atomic E-state index is 12.7. The van der Waals surface area contributed by atoms with E-state index in [-0.39, 0.29) is 5.43 Å². The molecule has 0 aliphatic rings. The minimum Gasteiger partial charge on any atom is -0.289 e. The first-order chi connectivity index (χ1) is 9.68. The van der Waals surface area contributed by atoms with Crippen LogP contribution in [-0.2, 0) is 0 Å². The fourth-order valence-electron chi connectivity index (χ4n) is 2.51. The van der Waals surface area contributed by atoms with E-state index in [2.05, 4.69) is 12.1 Å². The number of rotatable bonds is 0. The second-order valence-electron chi connectivity index (χ2n) is 4.74. The minimum absolute atomic E-state index is 0.131. The summed E-state index contributed by atoms with van der Waals surface area (Å²) in [6.45, 7) is 8.05. The molecule has 0 N–H and O–H groups in total. The molecule has 0 atom stereocenters. The quantitative estimate of drug-likeness (QED) is 0.558. The van der Waals surface area contributed by atoms with Crippen molar-refractivity contribution in [3.63, 3.8) is 0 Å². The van der Waals surface area contributed by atoms with Crippen molar-refractivity contribution < 1.29 is 0 Å². The molecule has 0 heterocycles. The summed E-state index contributed by atoms with van der Waals surface area (Å²) >= 11 is 0. The van der Waals surface area contributed by atoms with E-state index in [0.29, 0.717) is 0 Å². The molecule has 3 rings (SSSR count).